The summed E-state index contributed by atoms with van der Waals surface area (Å²) in [4.78, 5) is 6.97. The molecule has 170 valence electrons. The Labute approximate surface area is 210 Å². The van der Waals surface area contributed by atoms with Gasteiger partial charge in [-0.2, -0.15) is 0 Å². The number of para-hydroxylation sites is 1. The largest absolute Gasteiger partial charge is 0.310 e. The van der Waals surface area contributed by atoms with E-state index in [9.17, 15) is 0 Å². The van der Waals surface area contributed by atoms with E-state index in [-0.39, 0.29) is 0 Å². The monoisotopic (exact) mass is 460 g/mol. The van der Waals surface area contributed by atoms with Crippen LogP contribution in [-0.2, 0) is 0 Å². The molecule has 1 aliphatic carbocycles. The van der Waals surface area contributed by atoms with Gasteiger partial charge in [-0.25, -0.2) is 0 Å². The fourth-order valence-corrected chi connectivity index (χ4v) is 5.32. The third-order valence-corrected chi connectivity index (χ3v) is 7.06. The molecule has 0 fully saturated rings. The molecule has 0 radical (unpaired) electrons. The van der Waals surface area contributed by atoms with Crippen molar-refractivity contribution in [1.29, 1.82) is 0 Å². The molecule has 0 saturated heterocycles. The molecule has 36 heavy (non-hydrogen) atoms. The predicted molar refractivity (Wildman–Crippen MR) is 151 cm³/mol. The normalized spacial score (nSPS) is 15.9. The lowest BCUT2D eigenvalue weighted by Gasteiger charge is -2.34. The first-order valence-corrected chi connectivity index (χ1v) is 12.3. The number of anilines is 2. The summed E-state index contributed by atoms with van der Waals surface area (Å²) in [5.41, 5.74) is 7.08. The summed E-state index contributed by atoms with van der Waals surface area (Å²) >= 11 is 0. The van der Waals surface area contributed by atoms with Crippen LogP contribution >= 0.6 is 0 Å². The van der Waals surface area contributed by atoms with Gasteiger partial charge in [0.2, 0.25) is 0 Å². The summed E-state index contributed by atoms with van der Waals surface area (Å²) in [6.45, 7) is 0. The fourth-order valence-electron chi connectivity index (χ4n) is 5.32. The van der Waals surface area contributed by atoms with E-state index in [1.807, 2.05) is 18.3 Å². The molecule has 2 heterocycles. The number of aromatic nitrogens is 1. The molecule has 2 heteroatoms. The van der Waals surface area contributed by atoms with Crippen molar-refractivity contribution in [2.24, 2.45) is 0 Å². The van der Waals surface area contributed by atoms with Gasteiger partial charge in [0, 0.05) is 23.4 Å². The topological polar surface area (TPSA) is 16.1 Å². The highest BCUT2D eigenvalue weighted by Gasteiger charge is 2.26. The molecule has 2 aliphatic rings. The number of fused-ring (bicyclic) bond motifs is 7. The number of pyridine rings is 1. The van der Waals surface area contributed by atoms with Crippen molar-refractivity contribution >= 4 is 32.9 Å². The van der Waals surface area contributed by atoms with E-state index in [2.05, 4.69) is 131 Å². The molecular weight excluding hydrogens is 436 g/mol. The average molecular weight is 461 g/mol. The molecule has 7 rings (SSSR count). The Morgan fingerprint density at radius 1 is 0.639 bits per heavy atom. The molecular formula is C34H24N2. The van der Waals surface area contributed by atoms with Crippen molar-refractivity contribution in [1.82, 2.24) is 4.98 Å². The number of nitrogens with zero attached hydrogens (tertiary/aromatic N) is 2. The third-order valence-electron chi connectivity index (χ3n) is 7.06. The highest BCUT2D eigenvalue weighted by atomic mass is 15.2. The van der Waals surface area contributed by atoms with Gasteiger partial charge in [-0.05, 0) is 75.7 Å². The molecule has 0 N–H and O–H groups in total. The quantitative estimate of drug-likeness (QED) is 0.261. The van der Waals surface area contributed by atoms with Gasteiger partial charge in [0.15, 0.2) is 0 Å². The Kier molecular flexibility index (Phi) is 4.89. The van der Waals surface area contributed by atoms with Crippen LogP contribution in [0.2, 0.25) is 0 Å². The van der Waals surface area contributed by atoms with E-state index in [0.29, 0.717) is 5.92 Å². The van der Waals surface area contributed by atoms with Crippen LogP contribution < -0.4 is 4.90 Å². The van der Waals surface area contributed by atoms with Gasteiger partial charge in [0.25, 0.3) is 0 Å². The molecule has 0 amide bonds. The molecule has 0 spiro atoms. The lowest BCUT2D eigenvalue weighted by Crippen LogP contribution is -2.21. The lowest BCUT2D eigenvalue weighted by atomic mass is 9.91. The van der Waals surface area contributed by atoms with E-state index >= 15 is 0 Å². The zero-order valence-corrected chi connectivity index (χ0v) is 19.8. The summed E-state index contributed by atoms with van der Waals surface area (Å²) < 4.78 is 0. The summed E-state index contributed by atoms with van der Waals surface area (Å²) in [5.74, 6) is 0.297. The maximum atomic E-state index is 4.57. The van der Waals surface area contributed by atoms with Gasteiger partial charge in [-0.15, -0.1) is 0 Å². The van der Waals surface area contributed by atoms with Gasteiger partial charge >= 0.3 is 0 Å². The molecule has 1 atom stereocenters. The van der Waals surface area contributed by atoms with Crippen LogP contribution in [0.15, 0.2) is 145 Å². The summed E-state index contributed by atoms with van der Waals surface area (Å²) in [6.07, 6.45) is 13.0. The predicted octanol–water partition coefficient (Wildman–Crippen LogP) is 8.86. The molecule has 0 saturated carbocycles. The standard InChI is InChI=1S/C34H24N2/c1-2-8-29-23-26(7-1)31-9-3-4-11-34(31)36(29)33-19-15-25-12-16-27-21-24(13-17-28(33)22-25)14-18-30(27)32-10-5-6-20-35-32/h1-23,26H. The van der Waals surface area contributed by atoms with Crippen molar-refractivity contribution in [3.8, 4) is 11.3 Å². The van der Waals surface area contributed by atoms with Crippen molar-refractivity contribution in [3.05, 3.63) is 151 Å². The van der Waals surface area contributed by atoms with Gasteiger partial charge in [-0.1, -0.05) is 85.0 Å². The zero-order valence-electron chi connectivity index (χ0n) is 19.8. The van der Waals surface area contributed by atoms with Gasteiger partial charge < -0.3 is 4.90 Å². The molecule has 4 aromatic carbocycles. The average Bonchev–Trinajstić information content (AvgIpc) is 3.15. The van der Waals surface area contributed by atoms with Crippen LogP contribution in [0, 0.1) is 0 Å². The van der Waals surface area contributed by atoms with E-state index in [0.717, 1.165) is 11.3 Å². The smallest absolute Gasteiger partial charge is 0.0707 e. The van der Waals surface area contributed by atoms with Crippen LogP contribution in [-0.4, -0.2) is 4.98 Å². The minimum Gasteiger partial charge on any atom is -0.310 e. The van der Waals surface area contributed by atoms with Crippen molar-refractivity contribution in [2.75, 3.05) is 4.90 Å². The minimum absolute atomic E-state index is 0.297. The maximum absolute atomic E-state index is 4.57. The highest BCUT2D eigenvalue weighted by Crippen LogP contribution is 2.44. The van der Waals surface area contributed by atoms with Crippen LogP contribution in [0.4, 0.5) is 11.4 Å². The number of hydrogen-bond donors (Lipinski definition) is 0. The van der Waals surface area contributed by atoms with Gasteiger partial charge in [0.1, 0.15) is 0 Å². The van der Waals surface area contributed by atoms with E-state index < -0.39 is 0 Å². The number of rotatable bonds is 2. The second-order valence-corrected chi connectivity index (χ2v) is 9.30. The fraction of sp³-hybridized carbons (Fsp3) is 0.0294. The first kappa shape index (κ1) is 20.7. The SMILES string of the molecule is C1=CC2=CC(C=C1)c1ccccc1N2c1ccc2ccc3cc(ccc3-c3ccccn3)ccc1c2. The first-order valence-electron chi connectivity index (χ1n) is 12.3. The van der Waals surface area contributed by atoms with E-state index in [1.165, 1.54) is 44.2 Å². The molecule has 1 aromatic heterocycles. The maximum Gasteiger partial charge on any atom is 0.0707 e. The molecule has 2 nitrogen and oxygen atoms in total. The highest BCUT2D eigenvalue weighted by molar-refractivity contribution is 5.92. The Morgan fingerprint density at radius 2 is 1.42 bits per heavy atom. The van der Waals surface area contributed by atoms with E-state index in [1.54, 1.807) is 0 Å². The number of benzene rings is 3. The molecule has 6 bridgehead atoms. The van der Waals surface area contributed by atoms with Crippen molar-refractivity contribution in [3.63, 3.8) is 0 Å². The molecule has 1 aliphatic heterocycles. The van der Waals surface area contributed by atoms with Gasteiger partial charge in [0.05, 0.1) is 17.1 Å². The summed E-state index contributed by atoms with van der Waals surface area (Å²) in [6, 6.07) is 37.0. The molecule has 5 aromatic rings. The number of hydrogen-bond acceptors (Lipinski definition) is 2. The third kappa shape index (κ3) is 3.55. The van der Waals surface area contributed by atoms with Crippen LogP contribution in [0.25, 0.3) is 32.8 Å². The van der Waals surface area contributed by atoms with Crippen LogP contribution in [0.3, 0.4) is 0 Å². The van der Waals surface area contributed by atoms with Crippen molar-refractivity contribution in [2.45, 2.75) is 5.92 Å². The summed E-state index contributed by atoms with van der Waals surface area (Å²) in [5, 5.41) is 4.70. The van der Waals surface area contributed by atoms with Crippen molar-refractivity contribution < 1.29 is 0 Å². The van der Waals surface area contributed by atoms with Crippen LogP contribution in [0.1, 0.15) is 11.5 Å². The van der Waals surface area contributed by atoms with E-state index in [4.69, 9.17) is 0 Å². The Bertz CT molecular complexity index is 1740. The minimum atomic E-state index is 0.297. The number of allylic oxidation sites excluding steroid dienone is 5. The van der Waals surface area contributed by atoms with Gasteiger partial charge in [-0.3, -0.25) is 4.98 Å². The Balaban J connectivity index is 1.43. The van der Waals surface area contributed by atoms with Crippen LogP contribution in [0.5, 0.6) is 0 Å². The lowest BCUT2D eigenvalue weighted by molar-refractivity contribution is 1.00. The second kappa shape index (κ2) is 8.51. The second-order valence-electron chi connectivity index (χ2n) is 9.30. The zero-order chi connectivity index (χ0) is 23.9. The summed E-state index contributed by atoms with van der Waals surface area (Å²) in [7, 11) is 0. The molecule has 1 unspecified atom stereocenters. The Morgan fingerprint density at radius 3 is 2.31 bits per heavy atom. The first-order chi connectivity index (χ1) is 17.8. The Hall–Kier alpha value is -4.69.